The van der Waals surface area contributed by atoms with Crippen molar-refractivity contribution in [2.24, 2.45) is 5.73 Å². The summed E-state index contributed by atoms with van der Waals surface area (Å²) in [5, 5.41) is 3.69. The Morgan fingerprint density at radius 3 is 3.00 bits per heavy atom. The molecule has 0 saturated heterocycles. The van der Waals surface area contributed by atoms with Gasteiger partial charge in [0, 0.05) is 30.1 Å². The molecule has 0 bridgehead atoms. The molecule has 1 amide bonds. The molecule has 5 heteroatoms. The average Bonchev–Trinajstić information content (AvgIpc) is 2.78. The summed E-state index contributed by atoms with van der Waals surface area (Å²) in [6, 6.07) is 7.43. The van der Waals surface area contributed by atoms with E-state index in [1.807, 2.05) is 18.2 Å². The van der Waals surface area contributed by atoms with Crippen molar-refractivity contribution < 1.29 is 9.53 Å². The van der Waals surface area contributed by atoms with Crippen LogP contribution in [0.15, 0.2) is 24.3 Å². The molecule has 5 nitrogen and oxygen atoms in total. The third-order valence-corrected chi connectivity index (χ3v) is 2.50. The summed E-state index contributed by atoms with van der Waals surface area (Å²) >= 11 is 0. The van der Waals surface area contributed by atoms with Gasteiger partial charge in [-0.1, -0.05) is 0 Å². The van der Waals surface area contributed by atoms with E-state index in [0.29, 0.717) is 18.8 Å². The number of rotatable bonds is 4. The number of nitrogens with one attached hydrogen (secondary N) is 2. The zero-order valence-electron chi connectivity index (χ0n) is 9.62. The van der Waals surface area contributed by atoms with Crippen molar-refractivity contribution in [1.29, 1.82) is 0 Å². The first-order valence-electron chi connectivity index (χ1n) is 5.39. The second kappa shape index (κ2) is 4.88. The molecule has 0 unspecified atom stereocenters. The van der Waals surface area contributed by atoms with Crippen LogP contribution in [-0.4, -0.2) is 31.1 Å². The predicted octanol–water partition coefficient (Wildman–Crippen LogP) is 0.865. The summed E-state index contributed by atoms with van der Waals surface area (Å²) in [4.78, 5) is 14.7. The van der Waals surface area contributed by atoms with Crippen LogP contribution in [0.4, 0.5) is 0 Å². The van der Waals surface area contributed by atoms with Crippen LogP contribution in [0.3, 0.4) is 0 Å². The molecule has 0 spiro atoms. The van der Waals surface area contributed by atoms with Crippen molar-refractivity contribution in [3.63, 3.8) is 0 Å². The number of amides is 1. The lowest BCUT2D eigenvalue weighted by atomic mass is 10.2. The van der Waals surface area contributed by atoms with E-state index in [0.717, 1.165) is 16.7 Å². The van der Waals surface area contributed by atoms with E-state index < -0.39 is 0 Å². The number of hydrogen-bond acceptors (Lipinski definition) is 3. The van der Waals surface area contributed by atoms with Gasteiger partial charge in [-0.3, -0.25) is 4.79 Å². The third-order valence-electron chi connectivity index (χ3n) is 2.50. The zero-order valence-corrected chi connectivity index (χ0v) is 9.62. The Bertz CT molecular complexity index is 534. The summed E-state index contributed by atoms with van der Waals surface area (Å²) < 4.78 is 5.12. The maximum atomic E-state index is 11.7. The number of fused-ring (bicyclic) bond motifs is 1. The number of methoxy groups -OCH3 is 1. The number of H-pyrrole nitrogens is 1. The summed E-state index contributed by atoms with van der Waals surface area (Å²) in [5.74, 6) is 0.610. The minimum absolute atomic E-state index is 0.148. The first-order chi connectivity index (χ1) is 8.24. The number of ether oxygens (including phenoxy) is 1. The quantitative estimate of drug-likeness (QED) is 0.733. The number of carbonyl (C=O) groups is 1. The molecular weight excluding hydrogens is 218 g/mol. The van der Waals surface area contributed by atoms with Gasteiger partial charge in [0.25, 0.3) is 5.91 Å². The number of aromatic nitrogens is 1. The van der Waals surface area contributed by atoms with Crippen molar-refractivity contribution in [3.05, 3.63) is 30.0 Å². The normalized spacial score (nSPS) is 10.5. The smallest absolute Gasteiger partial charge is 0.267 e. The van der Waals surface area contributed by atoms with Gasteiger partial charge in [0.15, 0.2) is 0 Å². The lowest BCUT2D eigenvalue weighted by molar-refractivity contribution is 0.0950. The van der Waals surface area contributed by atoms with E-state index in [1.165, 1.54) is 0 Å². The third kappa shape index (κ3) is 2.39. The Kier molecular flexibility index (Phi) is 3.30. The van der Waals surface area contributed by atoms with Crippen molar-refractivity contribution in [3.8, 4) is 5.75 Å². The van der Waals surface area contributed by atoms with Crippen molar-refractivity contribution in [1.82, 2.24) is 10.3 Å². The van der Waals surface area contributed by atoms with Crippen LogP contribution in [0.1, 0.15) is 10.5 Å². The second-order valence-electron chi connectivity index (χ2n) is 3.68. The summed E-state index contributed by atoms with van der Waals surface area (Å²) in [6.07, 6.45) is 0. The Morgan fingerprint density at radius 1 is 1.47 bits per heavy atom. The van der Waals surface area contributed by atoms with E-state index in [-0.39, 0.29) is 5.91 Å². The first-order valence-corrected chi connectivity index (χ1v) is 5.39. The van der Waals surface area contributed by atoms with E-state index in [1.54, 1.807) is 13.2 Å². The molecule has 0 aliphatic heterocycles. The molecule has 2 aromatic rings. The molecule has 0 fully saturated rings. The Balaban J connectivity index is 2.28. The van der Waals surface area contributed by atoms with E-state index >= 15 is 0 Å². The molecule has 0 atom stereocenters. The molecule has 17 heavy (non-hydrogen) atoms. The van der Waals surface area contributed by atoms with Gasteiger partial charge < -0.3 is 20.8 Å². The molecular formula is C12H15N3O2. The fourth-order valence-electron chi connectivity index (χ4n) is 1.64. The molecule has 90 valence electrons. The van der Waals surface area contributed by atoms with Crippen LogP contribution in [-0.2, 0) is 0 Å². The number of aromatic amines is 1. The first kappa shape index (κ1) is 11.5. The van der Waals surface area contributed by atoms with Gasteiger partial charge in [-0.15, -0.1) is 0 Å². The predicted molar refractivity (Wildman–Crippen MR) is 66.2 cm³/mol. The van der Waals surface area contributed by atoms with Crippen molar-refractivity contribution in [2.45, 2.75) is 0 Å². The fraction of sp³-hybridized carbons (Fsp3) is 0.250. The lowest BCUT2D eigenvalue weighted by Crippen LogP contribution is -2.29. The standard InChI is InChI=1S/C12H15N3O2/c1-17-9-3-2-8-6-11(15-10(8)7-9)12(16)14-5-4-13/h2-3,6-7,15H,4-5,13H2,1H3,(H,14,16). The SMILES string of the molecule is COc1ccc2cc(C(=O)NCCN)[nH]c2c1. The van der Waals surface area contributed by atoms with E-state index in [9.17, 15) is 4.79 Å². The number of nitrogens with two attached hydrogens (primary N) is 1. The van der Waals surface area contributed by atoms with E-state index in [2.05, 4.69) is 10.3 Å². The molecule has 0 radical (unpaired) electrons. The molecule has 1 aromatic carbocycles. The van der Waals surface area contributed by atoms with Gasteiger partial charge in [0.2, 0.25) is 0 Å². The van der Waals surface area contributed by atoms with Crippen LogP contribution in [0.5, 0.6) is 5.75 Å². The zero-order chi connectivity index (χ0) is 12.3. The maximum absolute atomic E-state index is 11.7. The molecule has 1 heterocycles. The maximum Gasteiger partial charge on any atom is 0.267 e. The molecule has 0 aliphatic carbocycles. The summed E-state index contributed by atoms with van der Waals surface area (Å²) in [5.41, 5.74) is 6.73. The Morgan fingerprint density at radius 2 is 2.29 bits per heavy atom. The minimum atomic E-state index is -0.148. The average molecular weight is 233 g/mol. The Hall–Kier alpha value is -2.01. The van der Waals surface area contributed by atoms with Gasteiger partial charge in [-0.2, -0.15) is 0 Å². The molecule has 0 saturated carbocycles. The van der Waals surface area contributed by atoms with E-state index in [4.69, 9.17) is 10.5 Å². The molecule has 0 aliphatic rings. The molecule has 1 aromatic heterocycles. The monoisotopic (exact) mass is 233 g/mol. The second-order valence-corrected chi connectivity index (χ2v) is 3.68. The lowest BCUT2D eigenvalue weighted by Gasteiger charge is -1.99. The highest BCUT2D eigenvalue weighted by Gasteiger charge is 2.08. The largest absolute Gasteiger partial charge is 0.497 e. The number of benzene rings is 1. The summed E-state index contributed by atoms with van der Waals surface area (Å²) in [7, 11) is 1.61. The van der Waals surface area contributed by atoms with Gasteiger partial charge in [-0.05, 0) is 18.2 Å². The van der Waals surface area contributed by atoms with Crippen LogP contribution in [0.2, 0.25) is 0 Å². The topological polar surface area (TPSA) is 80.1 Å². The van der Waals surface area contributed by atoms with Gasteiger partial charge >= 0.3 is 0 Å². The number of carbonyl (C=O) groups excluding carboxylic acids is 1. The van der Waals surface area contributed by atoms with Crippen LogP contribution in [0.25, 0.3) is 10.9 Å². The Labute approximate surface area is 98.9 Å². The van der Waals surface area contributed by atoms with Crippen LogP contribution >= 0.6 is 0 Å². The van der Waals surface area contributed by atoms with Crippen LogP contribution < -0.4 is 15.8 Å². The van der Waals surface area contributed by atoms with Crippen molar-refractivity contribution >= 4 is 16.8 Å². The van der Waals surface area contributed by atoms with Crippen LogP contribution in [0, 0.1) is 0 Å². The highest BCUT2D eigenvalue weighted by molar-refractivity contribution is 5.98. The number of hydrogen-bond donors (Lipinski definition) is 3. The highest BCUT2D eigenvalue weighted by Crippen LogP contribution is 2.21. The minimum Gasteiger partial charge on any atom is -0.497 e. The van der Waals surface area contributed by atoms with Gasteiger partial charge in [-0.25, -0.2) is 0 Å². The van der Waals surface area contributed by atoms with Gasteiger partial charge in [0.1, 0.15) is 11.4 Å². The molecule has 4 N–H and O–H groups in total. The molecule has 2 rings (SSSR count). The fourth-order valence-corrected chi connectivity index (χ4v) is 1.64. The van der Waals surface area contributed by atoms with Crippen molar-refractivity contribution in [2.75, 3.05) is 20.2 Å². The summed E-state index contributed by atoms with van der Waals surface area (Å²) in [6.45, 7) is 0.900. The van der Waals surface area contributed by atoms with Gasteiger partial charge in [0.05, 0.1) is 7.11 Å². The highest BCUT2D eigenvalue weighted by atomic mass is 16.5.